The van der Waals surface area contributed by atoms with Crippen LogP contribution in [0, 0.1) is 18.6 Å². The first-order valence-electron chi connectivity index (χ1n) is 6.40. The SMILES string of the molecule is Cc1cc(F)ccc1-c1ccc(C(=O)OCC(N)=O)cc1F. The van der Waals surface area contributed by atoms with E-state index in [1.807, 2.05) is 0 Å². The molecule has 0 unspecified atom stereocenters. The van der Waals surface area contributed by atoms with Gasteiger partial charge in [-0.3, -0.25) is 4.79 Å². The van der Waals surface area contributed by atoms with E-state index in [0.717, 1.165) is 6.07 Å². The van der Waals surface area contributed by atoms with Crippen LogP contribution in [0.25, 0.3) is 11.1 Å². The molecule has 2 aromatic rings. The van der Waals surface area contributed by atoms with Crippen LogP contribution in [0.4, 0.5) is 8.78 Å². The number of halogens is 2. The highest BCUT2D eigenvalue weighted by Crippen LogP contribution is 2.27. The van der Waals surface area contributed by atoms with Gasteiger partial charge in [-0.2, -0.15) is 0 Å². The van der Waals surface area contributed by atoms with Crippen LogP contribution < -0.4 is 5.73 Å². The molecule has 2 N–H and O–H groups in total. The molecule has 0 aliphatic rings. The van der Waals surface area contributed by atoms with Crippen molar-refractivity contribution in [3.05, 3.63) is 59.2 Å². The average molecular weight is 305 g/mol. The van der Waals surface area contributed by atoms with Gasteiger partial charge in [0, 0.05) is 5.56 Å². The van der Waals surface area contributed by atoms with E-state index in [1.54, 1.807) is 6.92 Å². The molecule has 2 rings (SSSR count). The van der Waals surface area contributed by atoms with Crippen LogP contribution in [0.3, 0.4) is 0 Å². The normalized spacial score (nSPS) is 10.3. The summed E-state index contributed by atoms with van der Waals surface area (Å²) in [5.41, 5.74) is 6.15. The molecule has 22 heavy (non-hydrogen) atoms. The first-order chi connectivity index (χ1) is 10.4. The van der Waals surface area contributed by atoms with E-state index in [0.29, 0.717) is 11.1 Å². The Balaban J connectivity index is 2.30. The summed E-state index contributed by atoms with van der Waals surface area (Å²) in [6, 6.07) is 7.76. The Morgan fingerprint density at radius 1 is 1.09 bits per heavy atom. The summed E-state index contributed by atoms with van der Waals surface area (Å²) in [6.07, 6.45) is 0. The third kappa shape index (κ3) is 3.46. The minimum atomic E-state index is -0.847. The number of ether oxygens (including phenoxy) is 1. The average Bonchev–Trinajstić information content (AvgIpc) is 2.45. The highest BCUT2D eigenvalue weighted by molar-refractivity contribution is 5.91. The molecule has 0 spiro atoms. The van der Waals surface area contributed by atoms with Gasteiger partial charge in [-0.15, -0.1) is 0 Å². The fourth-order valence-corrected chi connectivity index (χ4v) is 2.01. The summed E-state index contributed by atoms with van der Waals surface area (Å²) >= 11 is 0. The number of benzene rings is 2. The van der Waals surface area contributed by atoms with Crippen LogP contribution in [0.5, 0.6) is 0 Å². The predicted molar refractivity (Wildman–Crippen MR) is 76.0 cm³/mol. The molecule has 0 saturated carbocycles. The molecule has 0 radical (unpaired) electrons. The van der Waals surface area contributed by atoms with E-state index in [2.05, 4.69) is 4.74 Å². The van der Waals surface area contributed by atoms with Crippen molar-refractivity contribution in [1.82, 2.24) is 0 Å². The van der Waals surface area contributed by atoms with E-state index in [1.165, 1.54) is 30.3 Å². The third-order valence-corrected chi connectivity index (χ3v) is 3.03. The summed E-state index contributed by atoms with van der Waals surface area (Å²) in [5, 5.41) is 0. The van der Waals surface area contributed by atoms with Gasteiger partial charge in [0.1, 0.15) is 11.6 Å². The Morgan fingerprint density at radius 2 is 1.77 bits per heavy atom. The molecular weight excluding hydrogens is 292 g/mol. The summed E-state index contributed by atoms with van der Waals surface area (Å²) in [4.78, 5) is 22.2. The third-order valence-electron chi connectivity index (χ3n) is 3.03. The lowest BCUT2D eigenvalue weighted by atomic mass is 9.99. The van der Waals surface area contributed by atoms with E-state index in [-0.39, 0.29) is 11.1 Å². The van der Waals surface area contributed by atoms with E-state index >= 15 is 0 Å². The second kappa shape index (κ2) is 6.34. The minimum absolute atomic E-state index is 0.0396. The number of esters is 1. The number of nitrogens with two attached hydrogens (primary N) is 1. The molecular formula is C16H13F2NO3. The van der Waals surface area contributed by atoms with Crippen LogP contribution in [0.2, 0.25) is 0 Å². The van der Waals surface area contributed by atoms with Crippen molar-refractivity contribution in [3.63, 3.8) is 0 Å². The number of aryl methyl sites for hydroxylation is 1. The Bertz CT molecular complexity index is 744. The second-order valence-corrected chi connectivity index (χ2v) is 4.70. The topological polar surface area (TPSA) is 69.4 Å². The summed E-state index contributed by atoms with van der Waals surface area (Å²) in [7, 11) is 0. The molecule has 6 heteroatoms. The van der Waals surface area contributed by atoms with Crippen molar-refractivity contribution < 1.29 is 23.1 Å². The summed E-state index contributed by atoms with van der Waals surface area (Å²) < 4.78 is 31.9. The van der Waals surface area contributed by atoms with Crippen molar-refractivity contribution in [2.24, 2.45) is 5.73 Å². The number of carbonyl (C=O) groups is 2. The Labute approximate surface area is 125 Å². The van der Waals surface area contributed by atoms with Crippen LogP contribution in [0.1, 0.15) is 15.9 Å². The molecule has 0 atom stereocenters. The quantitative estimate of drug-likeness (QED) is 0.883. The van der Waals surface area contributed by atoms with Gasteiger partial charge in [0.05, 0.1) is 5.56 Å². The zero-order valence-electron chi connectivity index (χ0n) is 11.7. The van der Waals surface area contributed by atoms with E-state index < -0.39 is 30.1 Å². The van der Waals surface area contributed by atoms with Gasteiger partial charge >= 0.3 is 5.97 Å². The van der Waals surface area contributed by atoms with Crippen molar-refractivity contribution in [2.75, 3.05) is 6.61 Å². The highest BCUT2D eigenvalue weighted by Gasteiger charge is 2.14. The molecule has 0 aliphatic carbocycles. The van der Waals surface area contributed by atoms with Gasteiger partial charge in [0.25, 0.3) is 5.91 Å². The van der Waals surface area contributed by atoms with Gasteiger partial charge in [-0.1, -0.05) is 12.1 Å². The van der Waals surface area contributed by atoms with Crippen molar-refractivity contribution in [1.29, 1.82) is 0 Å². The second-order valence-electron chi connectivity index (χ2n) is 4.70. The fraction of sp³-hybridized carbons (Fsp3) is 0.125. The lowest BCUT2D eigenvalue weighted by Gasteiger charge is -2.09. The Morgan fingerprint density at radius 3 is 2.36 bits per heavy atom. The molecule has 0 saturated heterocycles. The molecule has 0 aliphatic heterocycles. The summed E-state index contributed by atoms with van der Waals surface area (Å²) in [6.45, 7) is 1.09. The minimum Gasteiger partial charge on any atom is -0.452 e. The number of rotatable bonds is 4. The van der Waals surface area contributed by atoms with Gasteiger partial charge in [0.2, 0.25) is 0 Å². The molecule has 0 heterocycles. The first-order valence-corrected chi connectivity index (χ1v) is 6.40. The maximum absolute atomic E-state index is 14.2. The maximum atomic E-state index is 14.2. The van der Waals surface area contributed by atoms with Crippen molar-refractivity contribution >= 4 is 11.9 Å². The van der Waals surface area contributed by atoms with Gasteiger partial charge in [-0.25, -0.2) is 13.6 Å². The van der Waals surface area contributed by atoms with Gasteiger partial charge in [0.15, 0.2) is 6.61 Å². The standard InChI is InChI=1S/C16H13F2NO3/c1-9-6-11(17)3-5-12(9)13-4-2-10(7-14(13)18)16(21)22-8-15(19)20/h2-7H,8H2,1H3,(H2,19,20). The number of amides is 1. The molecule has 0 fully saturated rings. The molecule has 1 amide bonds. The number of primary amides is 1. The number of hydrogen-bond acceptors (Lipinski definition) is 3. The Hall–Kier alpha value is -2.76. The van der Waals surface area contributed by atoms with Crippen LogP contribution in [-0.2, 0) is 9.53 Å². The largest absolute Gasteiger partial charge is 0.452 e. The molecule has 114 valence electrons. The van der Waals surface area contributed by atoms with Crippen LogP contribution in [0.15, 0.2) is 36.4 Å². The van der Waals surface area contributed by atoms with Crippen molar-refractivity contribution in [3.8, 4) is 11.1 Å². The molecule has 0 aromatic heterocycles. The zero-order chi connectivity index (χ0) is 16.3. The van der Waals surface area contributed by atoms with E-state index in [4.69, 9.17) is 5.73 Å². The van der Waals surface area contributed by atoms with Gasteiger partial charge < -0.3 is 10.5 Å². The maximum Gasteiger partial charge on any atom is 0.338 e. The first kappa shape index (κ1) is 15.6. The monoisotopic (exact) mass is 305 g/mol. The molecule has 4 nitrogen and oxygen atoms in total. The highest BCUT2D eigenvalue weighted by atomic mass is 19.1. The fourth-order valence-electron chi connectivity index (χ4n) is 2.01. The predicted octanol–water partition coefficient (Wildman–Crippen LogP) is 2.58. The number of carbonyl (C=O) groups excluding carboxylic acids is 2. The van der Waals surface area contributed by atoms with Crippen molar-refractivity contribution in [2.45, 2.75) is 6.92 Å². The van der Waals surface area contributed by atoms with E-state index in [9.17, 15) is 18.4 Å². The number of hydrogen-bond donors (Lipinski definition) is 1. The lowest BCUT2D eigenvalue weighted by Crippen LogP contribution is -2.21. The zero-order valence-corrected chi connectivity index (χ0v) is 11.7. The smallest absolute Gasteiger partial charge is 0.338 e. The lowest BCUT2D eigenvalue weighted by molar-refractivity contribution is -0.121. The van der Waals surface area contributed by atoms with Crippen LogP contribution >= 0.6 is 0 Å². The molecule has 0 bridgehead atoms. The molecule has 2 aromatic carbocycles. The summed E-state index contributed by atoms with van der Waals surface area (Å²) in [5.74, 6) is -2.70. The van der Waals surface area contributed by atoms with Crippen LogP contribution in [-0.4, -0.2) is 18.5 Å². The van der Waals surface area contributed by atoms with Gasteiger partial charge in [-0.05, 0) is 42.3 Å². The Kier molecular flexibility index (Phi) is 4.50.